The van der Waals surface area contributed by atoms with E-state index in [2.05, 4.69) is 0 Å². The van der Waals surface area contributed by atoms with Crippen molar-refractivity contribution in [3.8, 4) is 0 Å². The van der Waals surface area contributed by atoms with Crippen molar-refractivity contribution in [2.24, 2.45) is 17.2 Å². The van der Waals surface area contributed by atoms with Crippen molar-refractivity contribution in [1.82, 2.24) is 0 Å². The summed E-state index contributed by atoms with van der Waals surface area (Å²) < 4.78 is 0. The zero-order chi connectivity index (χ0) is 9.46. The molecule has 64 valence electrons. The fraction of sp³-hybridized carbons (Fsp3) is 0.143. The molecule has 0 heterocycles. The Bertz CT molecular complexity index is 277. The van der Waals surface area contributed by atoms with Crippen molar-refractivity contribution < 1.29 is 9.59 Å². The zero-order valence-corrected chi connectivity index (χ0v) is 6.55. The van der Waals surface area contributed by atoms with E-state index in [0.29, 0.717) is 0 Å². The minimum Gasteiger partial charge on any atom is -0.395 e. The third kappa shape index (κ3) is 0.868. The van der Waals surface area contributed by atoms with Crippen LogP contribution in [0.25, 0.3) is 0 Å². The van der Waals surface area contributed by atoms with Crippen molar-refractivity contribution in [3.63, 3.8) is 0 Å². The van der Waals surface area contributed by atoms with E-state index < -0.39 is 11.6 Å². The maximum atomic E-state index is 11.1. The Balaban J connectivity index is 3.32. The molecule has 5 heteroatoms. The smallest absolute Gasteiger partial charge is 0.226 e. The Labute approximate surface area is 68.9 Å². The number of hydrogen-bond donors (Lipinski definition) is 3. The summed E-state index contributed by atoms with van der Waals surface area (Å²) in [5.41, 5.74) is 15.4. The summed E-state index contributed by atoms with van der Waals surface area (Å²) >= 11 is 0. The summed E-state index contributed by atoms with van der Waals surface area (Å²) in [6, 6.07) is 0. The lowest BCUT2D eigenvalue weighted by atomic mass is 9.97. The first-order valence-electron chi connectivity index (χ1n) is 3.27. The van der Waals surface area contributed by atoms with Crippen molar-refractivity contribution in [3.05, 3.63) is 22.7 Å². The highest BCUT2D eigenvalue weighted by Gasteiger charge is 2.27. The van der Waals surface area contributed by atoms with E-state index in [9.17, 15) is 9.59 Å². The molecule has 0 aromatic rings. The van der Waals surface area contributed by atoms with E-state index in [4.69, 9.17) is 17.2 Å². The quantitative estimate of drug-likeness (QED) is 0.380. The molecule has 5 nitrogen and oxygen atoms in total. The molecule has 12 heavy (non-hydrogen) atoms. The minimum atomic E-state index is -0.565. The average molecular weight is 167 g/mol. The predicted octanol–water partition coefficient (Wildman–Crippen LogP) is -1.50. The van der Waals surface area contributed by atoms with Gasteiger partial charge in [-0.3, -0.25) is 9.59 Å². The molecule has 0 amide bonds. The van der Waals surface area contributed by atoms with Crippen LogP contribution in [-0.4, -0.2) is 11.6 Å². The van der Waals surface area contributed by atoms with Crippen LogP contribution in [0, 0.1) is 0 Å². The van der Waals surface area contributed by atoms with E-state index >= 15 is 0 Å². The molecular formula is C7H9N3O2. The molecule has 1 aliphatic carbocycles. The Hall–Kier alpha value is -1.78. The third-order valence-electron chi connectivity index (χ3n) is 1.77. The molecule has 0 aromatic heterocycles. The monoisotopic (exact) mass is 167 g/mol. The highest BCUT2D eigenvalue weighted by molar-refractivity contribution is 6.23. The molecule has 0 unspecified atom stereocenters. The predicted molar refractivity (Wildman–Crippen MR) is 42.3 cm³/mol. The molecule has 6 N–H and O–H groups in total. The van der Waals surface area contributed by atoms with E-state index in [-0.39, 0.29) is 22.7 Å². The van der Waals surface area contributed by atoms with Gasteiger partial charge in [0, 0.05) is 5.57 Å². The van der Waals surface area contributed by atoms with Crippen LogP contribution < -0.4 is 17.2 Å². The first-order valence-corrected chi connectivity index (χ1v) is 3.27. The van der Waals surface area contributed by atoms with Gasteiger partial charge in [-0.1, -0.05) is 0 Å². The summed E-state index contributed by atoms with van der Waals surface area (Å²) in [4.78, 5) is 22.2. The normalized spacial score (nSPS) is 19.1. The van der Waals surface area contributed by atoms with Crippen molar-refractivity contribution in [2.75, 3.05) is 0 Å². The number of ketones is 2. The summed E-state index contributed by atoms with van der Waals surface area (Å²) in [7, 11) is 0. The van der Waals surface area contributed by atoms with Crippen molar-refractivity contribution >= 4 is 11.6 Å². The Morgan fingerprint density at radius 3 is 1.75 bits per heavy atom. The molecule has 0 aliphatic heterocycles. The van der Waals surface area contributed by atoms with Gasteiger partial charge in [0.25, 0.3) is 0 Å². The lowest BCUT2D eigenvalue weighted by molar-refractivity contribution is -0.116. The van der Waals surface area contributed by atoms with Crippen LogP contribution in [0.2, 0.25) is 0 Å². The topological polar surface area (TPSA) is 112 Å². The van der Waals surface area contributed by atoms with Gasteiger partial charge in [0.2, 0.25) is 11.6 Å². The van der Waals surface area contributed by atoms with Crippen molar-refractivity contribution in [2.45, 2.75) is 6.92 Å². The lowest BCUT2D eigenvalue weighted by Gasteiger charge is -2.13. The fourth-order valence-corrected chi connectivity index (χ4v) is 0.884. The van der Waals surface area contributed by atoms with Gasteiger partial charge in [-0.05, 0) is 6.92 Å². The van der Waals surface area contributed by atoms with Crippen LogP contribution >= 0.6 is 0 Å². The van der Waals surface area contributed by atoms with E-state index in [1.165, 1.54) is 6.92 Å². The first kappa shape index (κ1) is 8.32. The van der Waals surface area contributed by atoms with Gasteiger partial charge in [0.15, 0.2) is 0 Å². The highest BCUT2D eigenvalue weighted by atomic mass is 16.1. The lowest BCUT2D eigenvalue weighted by Crippen LogP contribution is -2.33. The van der Waals surface area contributed by atoms with Gasteiger partial charge in [-0.25, -0.2) is 0 Å². The largest absolute Gasteiger partial charge is 0.395 e. The number of rotatable bonds is 0. The van der Waals surface area contributed by atoms with Gasteiger partial charge >= 0.3 is 0 Å². The zero-order valence-electron chi connectivity index (χ0n) is 6.55. The fourth-order valence-electron chi connectivity index (χ4n) is 0.884. The van der Waals surface area contributed by atoms with Crippen molar-refractivity contribution in [1.29, 1.82) is 0 Å². The van der Waals surface area contributed by atoms with E-state index in [1.807, 2.05) is 0 Å². The molecule has 1 rings (SSSR count). The second-order valence-electron chi connectivity index (χ2n) is 2.52. The molecule has 1 aliphatic rings. The van der Waals surface area contributed by atoms with Gasteiger partial charge < -0.3 is 17.2 Å². The molecule has 0 atom stereocenters. The Kier molecular flexibility index (Phi) is 1.64. The molecule has 0 radical (unpaired) electrons. The minimum absolute atomic E-state index is 0.119. The molecule has 0 spiro atoms. The summed E-state index contributed by atoms with van der Waals surface area (Å²) in [5, 5.41) is 0. The number of carbonyl (C=O) groups excluding carboxylic acids is 2. The second kappa shape index (κ2) is 2.37. The van der Waals surface area contributed by atoms with Crippen LogP contribution in [0.5, 0.6) is 0 Å². The van der Waals surface area contributed by atoms with Crippen LogP contribution in [0.3, 0.4) is 0 Å². The third-order valence-corrected chi connectivity index (χ3v) is 1.77. The average Bonchev–Trinajstić information content (AvgIpc) is 2.08. The summed E-state index contributed by atoms with van der Waals surface area (Å²) in [5.74, 6) is -1.03. The maximum absolute atomic E-state index is 11.1. The molecule has 0 bridgehead atoms. The number of Topliss-reactive ketones (excluding diaryl/α,β-unsaturated/α-hetero) is 2. The second-order valence-corrected chi connectivity index (χ2v) is 2.52. The Morgan fingerprint density at radius 2 is 1.25 bits per heavy atom. The maximum Gasteiger partial charge on any atom is 0.226 e. The number of hydrogen-bond acceptors (Lipinski definition) is 5. The van der Waals surface area contributed by atoms with Crippen LogP contribution in [0.1, 0.15) is 6.92 Å². The standard InChI is InChI=1S/C7H9N3O2/c1-2-3(8)7(12)5(10)4(9)6(2)11/h8-10H2,1H3. The van der Waals surface area contributed by atoms with Gasteiger partial charge in [0.1, 0.15) is 11.4 Å². The summed E-state index contributed by atoms with van der Waals surface area (Å²) in [6.45, 7) is 1.44. The SMILES string of the molecule is CC1=C(N)C(=O)C(N)=C(N)C1=O. The first-order chi connectivity index (χ1) is 5.46. The Morgan fingerprint density at radius 1 is 0.833 bits per heavy atom. The number of allylic oxidation sites excluding steroid dienone is 1. The van der Waals surface area contributed by atoms with E-state index in [0.717, 1.165) is 0 Å². The molecule has 0 aromatic carbocycles. The number of nitrogens with two attached hydrogens (primary N) is 3. The van der Waals surface area contributed by atoms with Gasteiger partial charge in [0.05, 0.1) is 5.70 Å². The molecule has 0 saturated heterocycles. The molecule has 0 saturated carbocycles. The summed E-state index contributed by atoms with van der Waals surface area (Å²) in [6.07, 6.45) is 0. The van der Waals surface area contributed by atoms with Gasteiger partial charge in [-0.15, -0.1) is 0 Å². The molecule has 0 fully saturated rings. The van der Waals surface area contributed by atoms with Crippen LogP contribution in [0.4, 0.5) is 0 Å². The van der Waals surface area contributed by atoms with Crippen LogP contribution in [-0.2, 0) is 9.59 Å². The number of carbonyl (C=O) groups is 2. The molecular weight excluding hydrogens is 158 g/mol. The van der Waals surface area contributed by atoms with Gasteiger partial charge in [-0.2, -0.15) is 0 Å². The van der Waals surface area contributed by atoms with Crippen LogP contribution in [0.15, 0.2) is 22.7 Å². The highest BCUT2D eigenvalue weighted by Crippen LogP contribution is 2.15. The van der Waals surface area contributed by atoms with E-state index in [1.54, 1.807) is 0 Å².